The lowest BCUT2D eigenvalue weighted by Gasteiger charge is -2.32. The summed E-state index contributed by atoms with van der Waals surface area (Å²) < 4.78 is 12.8. The van der Waals surface area contributed by atoms with Gasteiger partial charge in [-0.15, -0.1) is 0 Å². The van der Waals surface area contributed by atoms with Crippen molar-refractivity contribution in [1.29, 1.82) is 0 Å². The number of nitrogens with one attached hydrogen (secondary N) is 2. The Morgan fingerprint density at radius 1 is 1.27 bits per heavy atom. The molecule has 0 radical (unpaired) electrons. The van der Waals surface area contributed by atoms with E-state index in [4.69, 9.17) is 21.7 Å². The van der Waals surface area contributed by atoms with E-state index in [0.29, 0.717) is 39.8 Å². The van der Waals surface area contributed by atoms with Crippen molar-refractivity contribution in [2.75, 3.05) is 27.3 Å². The van der Waals surface area contributed by atoms with Gasteiger partial charge in [-0.2, -0.15) is 0 Å². The van der Waals surface area contributed by atoms with Crippen LogP contribution in [0, 0.1) is 4.77 Å². The quantitative estimate of drug-likeness (QED) is 0.754. The molecule has 0 saturated carbocycles. The van der Waals surface area contributed by atoms with Crippen molar-refractivity contribution in [2.24, 2.45) is 0 Å². The van der Waals surface area contributed by atoms with Gasteiger partial charge in [0.05, 0.1) is 50.8 Å². The molecule has 6 nitrogen and oxygen atoms in total. The third-order valence-electron chi connectivity index (χ3n) is 5.51. The maximum atomic E-state index is 13.0. The van der Waals surface area contributed by atoms with Crippen LogP contribution in [-0.4, -0.2) is 42.9 Å². The number of benzene rings is 1. The molecule has 2 N–H and O–H groups in total. The molecule has 1 aliphatic heterocycles. The Hall–Kier alpha value is -1.86. The number of likely N-dealkylation sites (tertiary alicyclic amines) is 1. The van der Waals surface area contributed by atoms with E-state index in [2.05, 4.69) is 11.9 Å². The first kappa shape index (κ1) is 18.9. The number of hydrogen-bond acceptors (Lipinski definition) is 4. The number of ether oxygens (including phenoxy) is 2. The number of quaternary nitrogens is 1. The number of aromatic nitrogens is 2. The van der Waals surface area contributed by atoms with Gasteiger partial charge in [-0.3, -0.25) is 9.36 Å². The summed E-state index contributed by atoms with van der Waals surface area (Å²) in [5, 5.41) is 0.567. The Morgan fingerprint density at radius 2 is 2.00 bits per heavy atom. The Morgan fingerprint density at radius 3 is 2.69 bits per heavy atom. The van der Waals surface area contributed by atoms with Crippen LogP contribution in [0.5, 0.6) is 11.5 Å². The zero-order chi connectivity index (χ0) is 18.7. The first-order valence-electron chi connectivity index (χ1n) is 9.32. The van der Waals surface area contributed by atoms with Gasteiger partial charge >= 0.3 is 0 Å². The van der Waals surface area contributed by atoms with Gasteiger partial charge in [0.1, 0.15) is 0 Å². The highest BCUT2D eigenvalue weighted by Crippen LogP contribution is 2.29. The van der Waals surface area contributed by atoms with Crippen molar-refractivity contribution >= 4 is 23.1 Å². The molecule has 2 atom stereocenters. The zero-order valence-electron chi connectivity index (χ0n) is 15.8. The first-order valence-corrected chi connectivity index (χ1v) is 9.73. The van der Waals surface area contributed by atoms with Gasteiger partial charge in [-0.1, -0.05) is 6.92 Å². The number of piperidine rings is 1. The van der Waals surface area contributed by atoms with Crippen LogP contribution in [0.15, 0.2) is 16.9 Å². The number of H-pyrrole nitrogens is 1. The SMILES string of the molecule is CCC1CCCC[NH+]1CCn1c(=S)[nH]c2cc(OC)c(OC)cc2c1=O. The minimum atomic E-state index is -0.0749. The Kier molecular flexibility index (Phi) is 5.98. The molecule has 2 unspecified atom stereocenters. The molecule has 1 fully saturated rings. The maximum absolute atomic E-state index is 13.0. The van der Waals surface area contributed by atoms with Crippen molar-refractivity contribution in [3.8, 4) is 11.5 Å². The van der Waals surface area contributed by atoms with E-state index >= 15 is 0 Å². The second-order valence-electron chi connectivity index (χ2n) is 6.90. The summed E-state index contributed by atoms with van der Waals surface area (Å²) in [5.41, 5.74) is 0.597. The number of nitrogens with zero attached hydrogens (tertiary/aromatic N) is 1. The number of fused-ring (bicyclic) bond motifs is 1. The van der Waals surface area contributed by atoms with Crippen LogP contribution < -0.4 is 19.9 Å². The number of aromatic amines is 1. The smallest absolute Gasteiger partial charge is 0.262 e. The molecule has 7 heteroatoms. The Balaban J connectivity index is 1.93. The molecule has 1 saturated heterocycles. The van der Waals surface area contributed by atoms with Gasteiger partial charge in [0.25, 0.3) is 5.56 Å². The van der Waals surface area contributed by atoms with Gasteiger partial charge in [0, 0.05) is 6.07 Å². The molecule has 1 aromatic carbocycles. The molecule has 0 amide bonds. The van der Waals surface area contributed by atoms with Gasteiger partial charge in [-0.25, -0.2) is 0 Å². The third-order valence-corrected chi connectivity index (χ3v) is 5.84. The molecule has 142 valence electrons. The molecule has 1 aliphatic rings. The van der Waals surface area contributed by atoms with Crippen molar-refractivity contribution < 1.29 is 14.4 Å². The molecule has 2 heterocycles. The van der Waals surface area contributed by atoms with Gasteiger partial charge < -0.3 is 19.4 Å². The summed E-state index contributed by atoms with van der Waals surface area (Å²) in [6.45, 7) is 4.99. The van der Waals surface area contributed by atoms with Crippen LogP contribution in [0.4, 0.5) is 0 Å². The van der Waals surface area contributed by atoms with Crippen LogP contribution in [0.1, 0.15) is 32.6 Å². The maximum Gasteiger partial charge on any atom is 0.262 e. The Labute approximate surface area is 158 Å². The van der Waals surface area contributed by atoms with Crippen LogP contribution in [0.2, 0.25) is 0 Å². The summed E-state index contributed by atoms with van der Waals surface area (Å²) in [4.78, 5) is 17.8. The summed E-state index contributed by atoms with van der Waals surface area (Å²) in [6, 6.07) is 4.18. The van der Waals surface area contributed by atoms with Gasteiger partial charge in [-0.05, 0) is 44.0 Å². The standard InChI is InChI=1S/C19H27N3O3S/c1-4-13-7-5-6-8-21(13)9-10-22-18(23)14-11-16(24-2)17(25-3)12-15(14)20-19(22)26/h11-13H,4-10H2,1-3H3,(H,20,26)/p+1. The van der Waals surface area contributed by atoms with Crippen LogP contribution in [0.3, 0.4) is 0 Å². The summed E-state index contributed by atoms with van der Waals surface area (Å²) >= 11 is 5.46. The normalized spacial score (nSPS) is 20.3. The van der Waals surface area contributed by atoms with Crippen molar-refractivity contribution in [1.82, 2.24) is 9.55 Å². The molecule has 1 aromatic heterocycles. The molecule has 0 aliphatic carbocycles. The highest BCUT2D eigenvalue weighted by Gasteiger charge is 2.24. The van der Waals surface area contributed by atoms with E-state index in [1.54, 1.807) is 35.8 Å². The average Bonchev–Trinajstić information content (AvgIpc) is 2.67. The molecule has 0 spiro atoms. The topological polar surface area (TPSA) is 60.7 Å². The van der Waals surface area contributed by atoms with E-state index in [-0.39, 0.29) is 5.56 Å². The average molecular weight is 379 g/mol. The highest BCUT2D eigenvalue weighted by atomic mass is 32.1. The van der Waals surface area contributed by atoms with E-state index < -0.39 is 0 Å². The van der Waals surface area contributed by atoms with E-state index in [9.17, 15) is 4.79 Å². The minimum Gasteiger partial charge on any atom is -0.493 e. The van der Waals surface area contributed by atoms with Gasteiger partial charge in [0.2, 0.25) is 0 Å². The molecule has 2 aromatic rings. The minimum absolute atomic E-state index is 0.0749. The predicted octanol–water partition coefficient (Wildman–Crippen LogP) is 1.92. The predicted molar refractivity (Wildman–Crippen MR) is 105 cm³/mol. The zero-order valence-corrected chi connectivity index (χ0v) is 16.6. The fourth-order valence-electron chi connectivity index (χ4n) is 4.01. The monoisotopic (exact) mass is 378 g/mol. The molecule has 3 rings (SSSR count). The van der Waals surface area contributed by atoms with Crippen molar-refractivity contribution in [3.63, 3.8) is 0 Å². The molecular weight excluding hydrogens is 350 g/mol. The van der Waals surface area contributed by atoms with Crippen LogP contribution in [0.25, 0.3) is 10.9 Å². The first-order chi connectivity index (χ1) is 12.6. The third kappa shape index (κ3) is 3.64. The van der Waals surface area contributed by atoms with E-state index in [1.165, 1.54) is 32.2 Å². The van der Waals surface area contributed by atoms with Crippen LogP contribution >= 0.6 is 12.2 Å². The largest absolute Gasteiger partial charge is 0.493 e. The highest BCUT2D eigenvalue weighted by molar-refractivity contribution is 7.71. The van der Waals surface area contributed by atoms with E-state index in [1.807, 2.05) is 0 Å². The number of hydrogen-bond donors (Lipinski definition) is 2. The second kappa shape index (κ2) is 8.22. The van der Waals surface area contributed by atoms with Crippen LogP contribution in [-0.2, 0) is 6.54 Å². The fraction of sp³-hybridized carbons (Fsp3) is 0.579. The summed E-state index contributed by atoms with van der Waals surface area (Å²) in [7, 11) is 3.14. The molecule has 0 bridgehead atoms. The lowest BCUT2D eigenvalue weighted by molar-refractivity contribution is -0.931. The summed E-state index contributed by atoms with van der Waals surface area (Å²) in [5.74, 6) is 1.12. The van der Waals surface area contributed by atoms with Crippen molar-refractivity contribution in [2.45, 2.75) is 45.2 Å². The molecule has 26 heavy (non-hydrogen) atoms. The molecular formula is C19H28N3O3S+. The van der Waals surface area contributed by atoms with E-state index in [0.717, 1.165) is 6.54 Å². The summed E-state index contributed by atoms with van der Waals surface area (Å²) in [6.07, 6.45) is 5.05. The lowest BCUT2D eigenvalue weighted by Crippen LogP contribution is -3.16. The van der Waals surface area contributed by atoms with Gasteiger partial charge in [0.15, 0.2) is 16.3 Å². The number of rotatable bonds is 6. The second-order valence-corrected chi connectivity index (χ2v) is 7.29. The Bertz CT molecular complexity index is 890. The fourth-order valence-corrected chi connectivity index (χ4v) is 4.30. The number of methoxy groups -OCH3 is 2. The van der Waals surface area contributed by atoms with Crippen molar-refractivity contribution in [3.05, 3.63) is 27.3 Å². The lowest BCUT2D eigenvalue weighted by atomic mass is 10.0.